The van der Waals surface area contributed by atoms with E-state index in [-0.39, 0.29) is 5.97 Å². The molecule has 0 saturated carbocycles. The maximum Gasteiger partial charge on any atom is 0.323 e. The molecule has 2 aromatic carbocycles. The number of carbonyl (C=O) groups is 1. The summed E-state index contributed by atoms with van der Waals surface area (Å²) in [6.07, 6.45) is 0.380. The molecule has 2 aromatic rings. The lowest BCUT2D eigenvalue weighted by atomic mass is 10.0. The van der Waals surface area contributed by atoms with E-state index in [1.807, 2.05) is 42.5 Å². The second-order valence-corrected chi connectivity index (χ2v) is 6.11. The summed E-state index contributed by atoms with van der Waals surface area (Å²) >= 11 is 0. The molecule has 0 saturated heterocycles. The molecule has 1 aliphatic carbocycles. The summed E-state index contributed by atoms with van der Waals surface area (Å²) in [5.41, 5.74) is 8.89. The number of hydrogen-bond donors (Lipinski definition) is 1. The van der Waals surface area contributed by atoms with E-state index in [4.69, 9.17) is 14.9 Å². The summed E-state index contributed by atoms with van der Waals surface area (Å²) < 4.78 is 11.2. The molecule has 0 bridgehead atoms. The fraction of sp³-hybridized carbons (Fsp3) is 0.190. The number of esters is 1. The molecule has 4 nitrogen and oxygen atoms in total. The third-order valence-corrected chi connectivity index (χ3v) is 4.51. The number of fused-ring (bicyclic) bond motifs is 4. The zero-order valence-electron chi connectivity index (χ0n) is 14.0. The second-order valence-electron chi connectivity index (χ2n) is 6.11. The average molecular weight is 333 g/mol. The Morgan fingerprint density at radius 2 is 1.84 bits per heavy atom. The van der Waals surface area contributed by atoms with Gasteiger partial charge in [0, 0.05) is 22.9 Å². The van der Waals surface area contributed by atoms with Gasteiger partial charge in [-0.2, -0.15) is 0 Å². The van der Waals surface area contributed by atoms with Gasteiger partial charge in [-0.3, -0.25) is 4.79 Å². The smallest absolute Gasteiger partial charge is 0.323 e. The molecule has 2 N–H and O–H groups in total. The molecule has 126 valence electrons. The average Bonchev–Trinajstić information content (AvgIpc) is 2.93. The van der Waals surface area contributed by atoms with Crippen molar-refractivity contribution in [2.24, 2.45) is 5.73 Å². The Bertz CT molecular complexity index is 1030. The monoisotopic (exact) mass is 333 g/mol. The number of rotatable bonds is 4. The minimum atomic E-state index is -0.712. The SMILES string of the molecule is CCOC(=O)C(N)Cc1c2oc3ccccc3cc-2c2ccccc12. The van der Waals surface area contributed by atoms with Crippen LogP contribution in [0.4, 0.5) is 0 Å². The minimum absolute atomic E-state index is 0.323. The van der Waals surface area contributed by atoms with E-state index < -0.39 is 6.04 Å². The van der Waals surface area contributed by atoms with Crippen molar-refractivity contribution < 1.29 is 13.9 Å². The van der Waals surface area contributed by atoms with Crippen molar-refractivity contribution in [1.29, 1.82) is 0 Å². The number of nitrogens with two attached hydrogens (primary N) is 1. The van der Waals surface area contributed by atoms with E-state index >= 15 is 0 Å². The summed E-state index contributed by atoms with van der Waals surface area (Å²) in [6.45, 7) is 2.10. The quantitative estimate of drug-likeness (QED) is 0.570. The predicted octanol–water partition coefficient (Wildman–Crippen LogP) is 4.12. The Balaban J connectivity index is 1.92. The van der Waals surface area contributed by atoms with Gasteiger partial charge in [0.2, 0.25) is 0 Å². The van der Waals surface area contributed by atoms with Gasteiger partial charge in [0.15, 0.2) is 0 Å². The van der Waals surface area contributed by atoms with Crippen molar-refractivity contribution in [3.63, 3.8) is 0 Å². The van der Waals surface area contributed by atoms with Crippen molar-refractivity contribution in [3.05, 3.63) is 60.2 Å². The van der Waals surface area contributed by atoms with E-state index in [0.29, 0.717) is 13.0 Å². The summed E-state index contributed by atoms with van der Waals surface area (Å²) in [6, 6.07) is 17.4. The molecule has 0 radical (unpaired) electrons. The molecule has 1 unspecified atom stereocenters. The Kier molecular flexibility index (Phi) is 3.90. The number of para-hydroxylation sites is 1. The minimum Gasteiger partial charge on any atom is -0.465 e. The second kappa shape index (κ2) is 6.22. The van der Waals surface area contributed by atoms with Crippen LogP contribution in [0.3, 0.4) is 0 Å². The first-order chi connectivity index (χ1) is 12.2. The highest BCUT2D eigenvalue weighted by Crippen LogP contribution is 2.41. The van der Waals surface area contributed by atoms with Gasteiger partial charge in [-0.15, -0.1) is 0 Å². The van der Waals surface area contributed by atoms with E-state index in [2.05, 4.69) is 12.1 Å². The Labute approximate surface area is 145 Å². The number of carbonyl (C=O) groups excluding carboxylic acids is 1. The van der Waals surface area contributed by atoms with Crippen molar-refractivity contribution in [3.8, 4) is 11.3 Å². The molecule has 0 spiro atoms. The predicted molar refractivity (Wildman–Crippen MR) is 98.7 cm³/mol. The highest BCUT2D eigenvalue weighted by atomic mass is 16.5. The summed E-state index contributed by atoms with van der Waals surface area (Å²) in [7, 11) is 0. The molecule has 1 aliphatic heterocycles. The zero-order chi connectivity index (χ0) is 17.4. The molecule has 2 aliphatic rings. The van der Waals surface area contributed by atoms with Crippen molar-refractivity contribution >= 4 is 27.7 Å². The van der Waals surface area contributed by atoms with Gasteiger partial charge in [-0.1, -0.05) is 42.5 Å². The standard InChI is InChI=1S/C21H19NO3/c1-2-24-21(23)18(22)12-17-15-9-5-4-8-14(15)16-11-13-7-3-6-10-19(13)25-20(16)17/h3-11,18H,2,12,22H2,1H3. The molecule has 4 rings (SSSR count). The van der Waals surface area contributed by atoms with E-state index in [9.17, 15) is 4.79 Å². The van der Waals surface area contributed by atoms with E-state index in [1.165, 1.54) is 0 Å². The molecule has 0 aromatic heterocycles. The normalized spacial score (nSPS) is 12.7. The van der Waals surface area contributed by atoms with Crippen LogP contribution in [-0.2, 0) is 16.0 Å². The van der Waals surface area contributed by atoms with Gasteiger partial charge >= 0.3 is 5.97 Å². The molecule has 25 heavy (non-hydrogen) atoms. The van der Waals surface area contributed by atoms with Crippen LogP contribution in [0.5, 0.6) is 0 Å². The van der Waals surface area contributed by atoms with Crippen LogP contribution in [0.25, 0.3) is 33.1 Å². The van der Waals surface area contributed by atoms with Crippen molar-refractivity contribution in [2.45, 2.75) is 19.4 Å². The topological polar surface area (TPSA) is 65.5 Å². The first-order valence-electron chi connectivity index (χ1n) is 8.43. The van der Waals surface area contributed by atoms with E-state index in [0.717, 1.165) is 38.6 Å². The Morgan fingerprint density at radius 3 is 2.64 bits per heavy atom. The Morgan fingerprint density at radius 1 is 1.12 bits per heavy atom. The van der Waals surface area contributed by atoms with E-state index in [1.54, 1.807) is 6.92 Å². The summed E-state index contributed by atoms with van der Waals surface area (Å²) in [5.74, 6) is 0.404. The lowest BCUT2D eigenvalue weighted by molar-refractivity contribution is -0.144. The fourth-order valence-corrected chi connectivity index (χ4v) is 3.36. The molecule has 1 atom stereocenters. The molecular formula is C21H19NO3. The highest BCUT2D eigenvalue weighted by Gasteiger charge is 2.25. The highest BCUT2D eigenvalue weighted by molar-refractivity contribution is 6.06. The molecule has 0 amide bonds. The largest absolute Gasteiger partial charge is 0.465 e. The maximum absolute atomic E-state index is 12.0. The lowest BCUT2D eigenvalue weighted by Crippen LogP contribution is -2.34. The summed E-state index contributed by atoms with van der Waals surface area (Å²) in [5, 5.41) is 3.22. The number of benzene rings is 2. The van der Waals surface area contributed by atoms with Crippen LogP contribution in [-0.4, -0.2) is 18.6 Å². The first-order valence-corrected chi connectivity index (χ1v) is 8.43. The van der Waals surface area contributed by atoms with Crippen LogP contribution in [0.2, 0.25) is 0 Å². The van der Waals surface area contributed by atoms with Crippen LogP contribution in [0.15, 0.2) is 59.0 Å². The van der Waals surface area contributed by atoms with Gasteiger partial charge < -0.3 is 14.9 Å². The van der Waals surface area contributed by atoms with Crippen LogP contribution < -0.4 is 5.73 Å². The van der Waals surface area contributed by atoms with Crippen molar-refractivity contribution in [2.75, 3.05) is 6.61 Å². The molecule has 4 heteroatoms. The first kappa shape index (κ1) is 15.7. The molecule has 0 fully saturated rings. The third-order valence-electron chi connectivity index (χ3n) is 4.51. The maximum atomic E-state index is 12.0. The van der Waals surface area contributed by atoms with Gasteiger partial charge in [-0.05, 0) is 29.8 Å². The van der Waals surface area contributed by atoms with Gasteiger partial charge in [0.05, 0.1) is 6.61 Å². The zero-order valence-corrected chi connectivity index (χ0v) is 14.0. The fourth-order valence-electron chi connectivity index (χ4n) is 3.36. The van der Waals surface area contributed by atoms with Gasteiger partial charge in [0.1, 0.15) is 17.4 Å². The lowest BCUT2D eigenvalue weighted by Gasteiger charge is -2.11. The molecular weight excluding hydrogens is 314 g/mol. The van der Waals surface area contributed by atoms with Crippen molar-refractivity contribution in [1.82, 2.24) is 0 Å². The van der Waals surface area contributed by atoms with Crippen LogP contribution in [0.1, 0.15) is 12.5 Å². The van der Waals surface area contributed by atoms with Gasteiger partial charge in [0.25, 0.3) is 0 Å². The van der Waals surface area contributed by atoms with Crippen LogP contribution in [0, 0.1) is 0 Å². The van der Waals surface area contributed by atoms with Crippen LogP contribution >= 0.6 is 0 Å². The number of hydrogen-bond acceptors (Lipinski definition) is 4. The molecule has 1 heterocycles. The summed E-state index contributed by atoms with van der Waals surface area (Å²) in [4.78, 5) is 12.0. The third kappa shape index (κ3) is 2.65. The Hall–Kier alpha value is -2.85. The van der Waals surface area contributed by atoms with Gasteiger partial charge in [-0.25, -0.2) is 0 Å². The number of ether oxygens (including phenoxy) is 1.